The molecule has 145 valence electrons. The average molecular weight is 1060 g/mol. The number of aromatic nitrogens is 4. The van der Waals surface area contributed by atoms with Gasteiger partial charge in [-0.25, -0.2) is 9.78 Å². The molecule has 0 amide bonds. The van der Waals surface area contributed by atoms with E-state index in [0.29, 0.717) is 10.5 Å². The predicted octanol–water partition coefficient (Wildman–Crippen LogP) is 0.148. The second-order valence-electron chi connectivity index (χ2n) is 6.01. The Labute approximate surface area is 277 Å². The number of hydrogen-bond donors (Lipinski definition) is 4. The number of fused-ring (bicyclic) bond motifs is 1. The van der Waals surface area contributed by atoms with E-state index in [-0.39, 0.29) is 138 Å². The predicted molar refractivity (Wildman–Crippen MR) is 91.6 cm³/mol. The van der Waals surface area contributed by atoms with Crippen molar-refractivity contribution in [2.75, 3.05) is 0 Å². The van der Waals surface area contributed by atoms with Crippen LogP contribution in [0.4, 0.5) is 0 Å². The first-order valence-corrected chi connectivity index (χ1v) is 8.67. The summed E-state index contributed by atoms with van der Waals surface area (Å²) >= 11 is 1.29. The Morgan fingerprint density at radius 3 is 2.34 bits per heavy atom. The molecule has 2 aromatic heterocycles. The van der Waals surface area contributed by atoms with Crippen LogP contribution in [0.25, 0.3) is 11.2 Å². The van der Waals surface area contributed by atoms with Crippen LogP contribution in [0.1, 0.15) is 11.8 Å². The van der Waals surface area contributed by atoms with Gasteiger partial charge in [-0.3, -0.25) is 9.55 Å². The number of H-pyrrole nitrogens is 1. The van der Waals surface area contributed by atoms with Crippen LogP contribution in [0.3, 0.4) is 0 Å². The molecule has 1 aliphatic rings. The first kappa shape index (κ1) is 29.1. The first-order valence-electron chi connectivity index (χ1n) is 7.85. The van der Waals surface area contributed by atoms with Crippen LogP contribution in [0.5, 0.6) is 0 Å². The molecule has 29 heavy (non-hydrogen) atoms. The van der Waals surface area contributed by atoms with Crippen LogP contribution >= 0.6 is 11.8 Å². The maximum Gasteiger partial charge on any atom is 0.347 e. The van der Waals surface area contributed by atoms with Gasteiger partial charge < -0.3 is 20.1 Å². The summed E-state index contributed by atoms with van der Waals surface area (Å²) in [5.74, 6) is 0. The standard InChI is InChI=1S/C16H16N4O5S.3Ac/c1-7-2-4-8(5-3-7)26-13-9-12(18-16(24)19-13)20(6-17-9)14-10(21)11(22)15(23)25-14;;;/h2-6,10-11,14-15,21-23H,1H3,(H,18,19,24);;;/t10?,11-,14?,15+;;;/m1.../s1. The molecule has 0 spiro atoms. The van der Waals surface area contributed by atoms with Gasteiger partial charge in [0.1, 0.15) is 28.4 Å². The average Bonchev–Trinajstić information content (AvgIpc) is 3.13. The van der Waals surface area contributed by atoms with Crippen molar-refractivity contribution in [3.05, 3.63) is 46.6 Å². The fourth-order valence-corrected chi connectivity index (χ4v) is 3.64. The van der Waals surface area contributed by atoms with Gasteiger partial charge in [0, 0.05) is 137 Å². The van der Waals surface area contributed by atoms with E-state index in [1.165, 1.54) is 22.7 Å². The van der Waals surface area contributed by atoms with Crippen LogP contribution in [0.2, 0.25) is 0 Å². The second-order valence-corrected chi connectivity index (χ2v) is 7.07. The molecule has 1 aliphatic heterocycles. The number of aliphatic hydroxyl groups excluding tert-OH is 3. The topological polar surface area (TPSA) is 133 Å². The molecule has 4 rings (SSSR count). The summed E-state index contributed by atoms with van der Waals surface area (Å²) in [7, 11) is 0. The number of nitrogens with one attached hydrogen (secondary N) is 1. The molecule has 3 heterocycles. The fourth-order valence-electron chi connectivity index (χ4n) is 2.77. The normalized spacial score (nSPS) is 23.2. The SMILES string of the molecule is Cc1ccc(Sc2nc(=O)[nH]c3c2ncn3C2O[C@H](O)[C@H](O)C2O)cc1.[Ac].[Ac].[Ac]. The summed E-state index contributed by atoms with van der Waals surface area (Å²) in [6, 6.07) is 7.75. The zero-order valence-corrected chi connectivity index (χ0v) is 30.4. The number of aryl methyl sites for hydroxylation is 1. The van der Waals surface area contributed by atoms with Gasteiger partial charge in [-0.1, -0.05) is 29.5 Å². The smallest absolute Gasteiger partial charge is 0.347 e. The van der Waals surface area contributed by atoms with Gasteiger partial charge in [0.25, 0.3) is 0 Å². The third-order valence-electron chi connectivity index (χ3n) is 4.15. The van der Waals surface area contributed by atoms with Crippen LogP contribution in [0, 0.1) is 139 Å². The Morgan fingerprint density at radius 1 is 1.10 bits per heavy atom. The van der Waals surface area contributed by atoms with E-state index in [0.717, 1.165) is 10.5 Å². The molecule has 13 heteroatoms. The Bertz CT molecular complexity index is 1020. The maximum absolute atomic E-state index is 12.0. The number of ether oxygens (including phenoxy) is 1. The minimum atomic E-state index is -1.53. The van der Waals surface area contributed by atoms with Crippen LogP contribution in [-0.4, -0.2) is 53.3 Å². The Kier molecular flexibility index (Phi) is 12.6. The maximum atomic E-state index is 12.0. The Morgan fingerprint density at radius 2 is 1.76 bits per heavy atom. The summed E-state index contributed by atoms with van der Waals surface area (Å²) in [5.41, 5.74) is 1.24. The minimum absolute atomic E-state index is 0. The Hall–Kier alpha value is 2.08. The molecule has 3 aromatic rings. The molecule has 9 nitrogen and oxygen atoms in total. The van der Waals surface area contributed by atoms with E-state index in [4.69, 9.17) is 4.74 Å². The van der Waals surface area contributed by atoms with Crippen molar-refractivity contribution < 1.29 is 152 Å². The monoisotopic (exact) mass is 1060 g/mol. The molecule has 3 radical (unpaired) electrons. The molecule has 4 N–H and O–H groups in total. The quantitative estimate of drug-likeness (QED) is 0.273. The van der Waals surface area contributed by atoms with Crippen molar-refractivity contribution in [1.29, 1.82) is 0 Å². The van der Waals surface area contributed by atoms with E-state index in [2.05, 4.69) is 15.0 Å². The van der Waals surface area contributed by atoms with Gasteiger partial charge in [0.15, 0.2) is 12.5 Å². The number of aromatic amines is 1. The number of hydrogen-bond acceptors (Lipinski definition) is 8. The Balaban J connectivity index is 0.00000140. The second kappa shape index (κ2) is 12.5. The van der Waals surface area contributed by atoms with Crippen molar-refractivity contribution in [3.63, 3.8) is 0 Å². The molecule has 0 aliphatic carbocycles. The van der Waals surface area contributed by atoms with Gasteiger partial charge in [0.05, 0.1) is 6.33 Å². The summed E-state index contributed by atoms with van der Waals surface area (Å²) < 4.78 is 6.54. The van der Waals surface area contributed by atoms with Crippen molar-refractivity contribution in [2.24, 2.45) is 0 Å². The van der Waals surface area contributed by atoms with Crippen LogP contribution in [0.15, 0.2) is 45.3 Å². The van der Waals surface area contributed by atoms with Crippen molar-refractivity contribution >= 4 is 22.9 Å². The molecule has 0 bridgehead atoms. The summed E-state index contributed by atoms with van der Waals surface area (Å²) in [5, 5.41) is 29.7. The van der Waals surface area contributed by atoms with Crippen molar-refractivity contribution in [1.82, 2.24) is 19.5 Å². The first-order chi connectivity index (χ1) is 12.4. The van der Waals surface area contributed by atoms with Gasteiger partial charge in [-0.05, 0) is 19.1 Å². The largest absolute Gasteiger partial charge is 0.385 e. The number of imidazole rings is 1. The molecule has 1 saturated heterocycles. The number of rotatable bonds is 3. The molecule has 1 fully saturated rings. The molecule has 0 saturated carbocycles. The number of aliphatic hydroxyl groups is 3. The molecule has 2 unspecified atom stereocenters. The third kappa shape index (κ3) is 6.36. The summed E-state index contributed by atoms with van der Waals surface area (Å²) in [6.07, 6.45) is -4.07. The van der Waals surface area contributed by atoms with Gasteiger partial charge in [-0.2, -0.15) is 4.98 Å². The number of benzene rings is 1. The zero-order valence-electron chi connectivity index (χ0n) is 15.3. The van der Waals surface area contributed by atoms with Gasteiger partial charge in [-0.15, -0.1) is 0 Å². The fraction of sp³-hybridized carbons (Fsp3) is 0.312. The van der Waals surface area contributed by atoms with Crippen molar-refractivity contribution in [2.45, 2.75) is 41.6 Å². The van der Waals surface area contributed by atoms with E-state index in [1.54, 1.807) is 0 Å². The summed E-state index contributed by atoms with van der Waals surface area (Å²) in [6.45, 7) is 1.98. The number of nitrogens with zero attached hydrogens (tertiary/aromatic N) is 3. The van der Waals surface area contributed by atoms with E-state index in [1.807, 2.05) is 31.2 Å². The van der Waals surface area contributed by atoms with Crippen LogP contribution in [-0.2, 0) is 4.74 Å². The van der Waals surface area contributed by atoms with Crippen molar-refractivity contribution in [3.8, 4) is 0 Å². The zero-order chi connectivity index (χ0) is 18.4. The van der Waals surface area contributed by atoms with E-state index >= 15 is 0 Å². The van der Waals surface area contributed by atoms with E-state index < -0.39 is 30.4 Å². The summed E-state index contributed by atoms with van der Waals surface area (Å²) in [4.78, 5) is 23.7. The van der Waals surface area contributed by atoms with Gasteiger partial charge >= 0.3 is 5.69 Å². The molecular formula is C16H16Ac3N4O5S. The third-order valence-corrected chi connectivity index (χ3v) is 5.13. The van der Waals surface area contributed by atoms with Gasteiger partial charge in [0.2, 0.25) is 0 Å². The molecular weight excluding hydrogens is 1040 g/mol. The molecule has 4 atom stereocenters. The van der Waals surface area contributed by atoms with E-state index in [9.17, 15) is 20.1 Å². The molecule has 1 aromatic carbocycles. The minimum Gasteiger partial charge on any atom is -0.385 e. The van der Waals surface area contributed by atoms with Crippen LogP contribution < -0.4 is 5.69 Å².